The number of halogens is 1. The molecule has 29 heavy (non-hydrogen) atoms. The fraction of sp³-hybridized carbons (Fsp3) is 0.105. The number of hydrogen-bond donors (Lipinski definition) is 3. The molecule has 1 aromatic carbocycles. The standard InChI is InChI=1S/C19H17FN8O/c20-13-3-1-2-12(10-13)15-11-17-23-8-9-28(17)19(25-15)24-7-6-22-16-5-4-14(27-29)18(21)26-16/h1-5,8-11H,6-7H2,(H,24,25)(H3,21,22,26). The van der Waals surface area contributed by atoms with Crippen molar-refractivity contribution < 1.29 is 4.39 Å². The second-order valence-electron chi connectivity index (χ2n) is 6.18. The lowest BCUT2D eigenvalue weighted by Crippen LogP contribution is -2.17. The molecule has 9 nitrogen and oxygen atoms in total. The molecule has 146 valence electrons. The molecule has 0 aliphatic rings. The van der Waals surface area contributed by atoms with E-state index in [4.69, 9.17) is 5.73 Å². The highest BCUT2D eigenvalue weighted by Crippen LogP contribution is 2.23. The van der Waals surface area contributed by atoms with Crippen LogP contribution >= 0.6 is 0 Å². The Balaban J connectivity index is 1.48. The summed E-state index contributed by atoms with van der Waals surface area (Å²) in [5.74, 6) is 0.858. The number of benzene rings is 1. The Morgan fingerprint density at radius 1 is 1.10 bits per heavy atom. The van der Waals surface area contributed by atoms with E-state index in [1.165, 1.54) is 18.2 Å². The minimum absolute atomic E-state index is 0.0718. The molecular weight excluding hydrogens is 375 g/mol. The second-order valence-corrected chi connectivity index (χ2v) is 6.18. The van der Waals surface area contributed by atoms with Crippen molar-refractivity contribution in [2.75, 3.05) is 29.5 Å². The van der Waals surface area contributed by atoms with Gasteiger partial charge < -0.3 is 16.4 Å². The van der Waals surface area contributed by atoms with E-state index in [0.717, 1.165) is 0 Å². The molecule has 0 atom stereocenters. The first-order chi connectivity index (χ1) is 14.1. The molecule has 3 aromatic heterocycles. The van der Waals surface area contributed by atoms with Gasteiger partial charge in [-0.2, -0.15) is 0 Å². The number of pyridine rings is 1. The highest BCUT2D eigenvalue weighted by atomic mass is 19.1. The van der Waals surface area contributed by atoms with Gasteiger partial charge in [0.1, 0.15) is 23.0 Å². The molecule has 3 heterocycles. The fourth-order valence-electron chi connectivity index (χ4n) is 2.85. The first-order valence-corrected chi connectivity index (χ1v) is 8.82. The normalized spacial score (nSPS) is 10.8. The van der Waals surface area contributed by atoms with Crippen molar-refractivity contribution in [2.24, 2.45) is 5.18 Å². The Morgan fingerprint density at radius 3 is 2.76 bits per heavy atom. The van der Waals surface area contributed by atoms with E-state index in [1.54, 1.807) is 36.7 Å². The molecule has 0 radical (unpaired) electrons. The van der Waals surface area contributed by atoms with Crippen LogP contribution in [0.5, 0.6) is 0 Å². The van der Waals surface area contributed by atoms with Crippen LogP contribution in [0, 0.1) is 10.7 Å². The maximum absolute atomic E-state index is 13.6. The van der Waals surface area contributed by atoms with Crippen LogP contribution < -0.4 is 16.4 Å². The zero-order chi connectivity index (χ0) is 20.2. The molecule has 0 bridgehead atoms. The first kappa shape index (κ1) is 18.3. The maximum Gasteiger partial charge on any atom is 0.209 e. The predicted octanol–water partition coefficient (Wildman–Crippen LogP) is 3.43. The molecule has 0 saturated carbocycles. The number of nitrogen functional groups attached to an aromatic ring is 1. The third-order valence-electron chi connectivity index (χ3n) is 4.23. The van der Waals surface area contributed by atoms with Gasteiger partial charge in [-0.05, 0) is 29.4 Å². The van der Waals surface area contributed by atoms with E-state index in [9.17, 15) is 9.30 Å². The lowest BCUT2D eigenvalue weighted by Gasteiger charge is -2.12. The number of fused-ring (bicyclic) bond motifs is 1. The SMILES string of the molecule is Nc1nc(NCCNc2nc(-c3cccc(F)c3)cc3nccn23)ccc1N=O. The Bertz CT molecular complexity index is 1180. The number of anilines is 3. The number of nitrogens with one attached hydrogen (secondary N) is 2. The number of aromatic nitrogens is 4. The van der Waals surface area contributed by atoms with Crippen molar-refractivity contribution in [2.45, 2.75) is 0 Å². The number of imidazole rings is 1. The van der Waals surface area contributed by atoms with Gasteiger partial charge in [0.2, 0.25) is 5.95 Å². The summed E-state index contributed by atoms with van der Waals surface area (Å²) >= 11 is 0. The summed E-state index contributed by atoms with van der Waals surface area (Å²) < 4.78 is 15.4. The average Bonchev–Trinajstić information content (AvgIpc) is 3.20. The van der Waals surface area contributed by atoms with Crippen molar-refractivity contribution in [3.8, 4) is 11.3 Å². The topological polar surface area (TPSA) is 123 Å². The molecular formula is C19H17FN8O. The van der Waals surface area contributed by atoms with Crippen LogP contribution in [-0.2, 0) is 0 Å². The molecule has 0 fully saturated rings. The van der Waals surface area contributed by atoms with Crippen molar-refractivity contribution in [3.63, 3.8) is 0 Å². The maximum atomic E-state index is 13.6. The van der Waals surface area contributed by atoms with Gasteiger partial charge in [0.05, 0.1) is 5.69 Å². The van der Waals surface area contributed by atoms with Gasteiger partial charge in [-0.1, -0.05) is 12.1 Å². The summed E-state index contributed by atoms with van der Waals surface area (Å²) in [4.78, 5) is 23.5. The quantitative estimate of drug-likeness (QED) is 0.325. The molecule has 4 N–H and O–H groups in total. The zero-order valence-corrected chi connectivity index (χ0v) is 15.2. The lowest BCUT2D eigenvalue weighted by atomic mass is 10.1. The Hall–Kier alpha value is -4.08. The van der Waals surface area contributed by atoms with Gasteiger partial charge in [0.15, 0.2) is 5.82 Å². The minimum atomic E-state index is -0.325. The van der Waals surface area contributed by atoms with Gasteiger partial charge in [0.25, 0.3) is 0 Å². The lowest BCUT2D eigenvalue weighted by molar-refractivity contribution is 0.628. The van der Waals surface area contributed by atoms with Crippen molar-refractivity contribution in [3.05, 3.63) is 65.6 Å². The zero-order valence-electron chi connectivity index (χ0n) is 15.2. The molecule has 0 unspecified atom stereocenters. The van der Waals surface area contributed by atoms with E-state index in [1.807, 2.05) is 4.40 Å². The van der Waals surface area contributed by atoms with Gasteiger partial charge >= 0.3 is 0 Å². The van der Waals surface area contributed by atoms with E-state index in [0.29, 0.717) is 41.8 Å². The number of rotatable bonds is 7. The number of nitrogens with two attached hydrogens (primary N) is 1. The molecule has 4 aromatic rings. The summed E-state index contributed by atoms with van der Waals surface area (Å²) in [5.41, 5.74) is 7.74. The predicted molar refractivity (Wildman–Crippen MR) is 109 cm³/mol. The van der Waals surface area contributed by atoms with Crippen LogP contribution in [-0.4, -0.2) is 32.4 Å². The highest BCUT2D eigenvalue weighted by Gasteiger charge is 2.09. The van der Waals surface area contributed by atoms with Crippen molar-refractivity contribution >= 4 is 28.9 Å². The van der Waals surface area contributed by atoms with Crippen LogP contribution in [0.1, 0.15) is 0 Å². The van der Waals surface area contributed by atoms with Gasteiger partial charge in [-0.15, -0.1) is 4.91 Å². The smallest absolute Gasteiger partial charge is 0.209 e. The molecule has 0 saturated heterocycles. The molecule has 0 aliphatic carbocycles. The summed E-state index contributed by atoms with van der Waals surface area (Å²) in [6, 6.07) is 11.2. The van der Waals surface area contributed by atoms with Crippen LogP contribution in [0.15, 0.2) is 60.0 Å². The first-order valence-electron chi connectivity index (χ1n) is 8.82. The van der Waals surface area contributed by atoms with Crippen molar-refractivity contribution in [1.82, 2.24) is 19.4 Å². The van der Waals surface area contributed by atoms with Crippen LogP contribution in [0.4, 0.5) is 27.7 Å². The Morgan fingerprint density at radius 2 is 1.97 bits per heavy atom. The molecule has 0 amide bonds. The van der Waals surface area contributed by atoms with Gasteiger partial charge in [-0.25, -0.2) is 19.3 Å². The monoisotopic (exact) mass is 392 g/mol. The van der Waals surface area contributed by atoms with Gasteiger partial charge in [-0.3, -0.25) is 4.40 Å². The van der Waals surface area contributed by atoms with E-state index < -0.39 is 0 Å². The summed E-state index contributed by atoms with van der Waals surface area (Å²) in [6.45, 7) is 1.03. The summed E-state index contributed by atoms with van der Waals surface area (Å²) in [7, 11) is 0. The molecule has 0 aliphatic heterocycles. The van der Waals surface area contributed by atoms with E-state index in [2.05, 4.69) is 30.8 Å². The largest absolute Gasteiger partial charge is 0.382 e. The third-order valence-corrected chi connectivity index (χ3v) is 4.23. The average molecular weight is 392 g/mol. The highest BCUT2D eigenvalue weighted by molar-refractivity contribution is 5.66. The molecule has 10 heteroatoms. The van der Waals surface area contributed by atoms with Crippen LogP contribution in [0.3, 0.4) is 0 Å². The van der Waals surface area contributed by atoms with Gasteiger partial charge in [0, 0.05) is 37.1 Å². The second kappa shape index (κ2) is 7.89. The minimum Gasteiger partial charge on any atom is -0.382 e. The number of hydrogen-bond acceptors (Lipinski definition) is 8. The van der Waals surface area contributed by atoms with E-state index >= 15 is 0 Å². The Labute approximate surface area is 164 Å². The molecule has 0 spiro atoms. The number of nitroso groups, excluding NO2 is 1. The number of nitrogens with zero attached hydrogens (tertiary/aromatic N) is 5. The van der Waals surface area contributed by atoms with E-state index in [-0.39, 0.29) is 17.3 Å². The van der Waals surface area contributed by atoms with Crippen LogP contribution in [0.2, 0.25) is 0 Å². The fourth-order valence-corrected chi connectivity index (χ4v) is 2.85. The van der Waals surface area contributed by atoms with Crippen molar-refractivity contribution in [1.29, 1.82) is 0 Å². The third kappa shape index (κ3) is 3.95. The van der Waals surface area contributed by atoms with Crippen LogP contribution in [0.25, 0.3) is 16.9 Å². The summed E-state index contributed by atoms with van der Waals surface area (Å²) in [6.07, 6.45) is 3.46. The Kier molecular flexibility index (Phi) is 4.97. The summed E-state index contributed by atoms with van der Waals surface area (Å²) in [5, 5.41) is 9.13. The molecule has 4 rings (SSSR count).